The van der Waals surface area contributed by atoms with Gasteiger partial charge in [0.2, 0.25) is 11.8 Å². The monoisotopic (exact) mass is 254 g/mol. The highest BCUT2D eigenvalue weighted by atomic mass is 16.5. The van der Waals surface area contributed by atoms with Gasteiger partial charge in [-0.25, -0.2) is 4.98 Å². The summed E-state index contributed by atoms with van der Waals surface area (Å²) in [6, 6.07) is 9.68. The molecule has 0 aliphatic rings. The Hall–Kier alpha value is -3.07. The van der Waals surface area contributed by atoms with Gasteiger partial charge < -0.3 is 16.2 Å². The van der Waals surface area contributed by atoms with E-state index in [-0.39, 0.29) is 11.4 Å². The number of nitrogens with zero attached hydrogens (tertiary/aromatic N) is 2. The van der Waals surface area contributed by atoms with Crippen LogP contribution in [0.2, 0.25) is 0 Å². The first-order valence-corrected chi connectivity index (χ1v) is 5.33. The van der Waals surface area contributed by atoms with Crippen molar-refractivity contribution in [2.75, 3.05) is 5.73 Å². The van der Waals surface area contributed by atoms with Gasteiger partial charge in [-0.1, -0.05) is 0 Å². The van der Waals surface area contributed by atoms with E-state index >= 15 is 0 Å². The number of ether oxygens (including phenoxy) is 1. The molecule has 0 unspecified atom stereocenters. The summed E-state index contributed by atoms with van der Waals surface area (Å²) in [6.45, 7) is 0. The molecule has 2 rings (SSSR count). The molecule has 0 saturated heterocycles. The number of carbonyl (C=O) groups is 1. The van der Waals surface area contributed by atoms with Crippen LogP contribution in [0.1, 0.15) is 15.9 Å². The van der Waals surface area contributed by atoms with E-state index in [0.717, 1.165) is 0 Å². The number of pyridine rings is 1. The first kappa shape index (κ1) is 12.4. The summed E-state index contributed by atoms with van der Waals surface area (Å²) in [5, 5.41) is 8.97. The topological polar surface area (TPSA) is 115 Å². The van der Waals surface area contributed by atoms with Crippen molar-refractivity contribution in [3.8, 4) is 17.7 Å². The third-order valence-electron chi connectivity index (χ3n) is 2.36. The standard InChI is InChI=1S/C13H10N4O2/c14-6-9-5-10(15)2-3-11(9)19-12-4-1-8(7-17-12)13(16)18/h1-5,7H,15H2,(H2,16,18). The van der Waals surface area contributed by atoms with Gasteiger partial charge in [0.1, 0.15) is 11.8 Å². The van der Waals surface area contributed by atoms with Crippen LogP contribution in [-0.2, 0) is 0 Å². The smallest absolute Gasteiger partial charge is 0.250 e. The number of nitriles is 1. The molecule has 0 aliphatic carbocycles. The second-order valence-corrected chi connectivity index (χ2v) is 3.72. The van der Waals surface area contributed by atoms with Gasteiger partial charge in [0, 0.05) is 18.0 Å². The number of hydrogen-bond acceptors (Lipinski definition) is 5. The highest BCUT2D eigenvalue weighted by Crippen LogP contribution is 2.25. The first-order valence-electron chi connectivity index (χ1n) is 5.33. The van der Waals surface area contributed by atoms with Gasteiger partial charge >= 0.3 is 0 Å². The molecule has 0 spiro atoms. The van der Waals surface area contributed by atoms with Crippen LogP contribution in [-0.4, -0.2) is 10.9 Å². The second kappa shape index (κ2) is 5.06. The summed E-state index contributed by atoms with van der Waals surface area (Å²) >= 11 is 0. The fourth-order valence-corrected chi connectivity index (χ4v) is 1.42. The van der Waals surface area contributed by atoms with Crippen molar-refractivity contribution >= 4 is 11.6 Å². The lowest BCUT2D eigenvalue weighted by molar-refractivity contribution is 0.1000. The number of carbonyl (C=O) groups excluding carboxylic acids is 1. The molecule has 94 valence electrons. The molecule has 0 saturated carbocycles. The minimum atomic E-state index is -0.566. The Bertz CT molecular complexity index is 659. The number of aromatic nitrogens is 1. The number of nitrogen functional groups attached to an aromatic ring is 1. The molecule has 1 aromatic carbocycles. The second-order valence-electron chi connectivity index (χ2n) is 3.72. The predicted octanol–water partition coefficient (Wildman–Crippen LogP) is 1.43. The van der Waals surface area contributed by atoms with Crippen molar-refractivity contribution < 1.29 is 9.53 Å². The third-order valence-corrected chi connectivity index (χ3v) is 2.36. The van der Waals surface area contributed by atoms with Crippen molar-refractivity contribution in [1.82, 2.24) is 4.98 Å². The number of nitrogens with two attached hydrogens (primary N) is 2. The van der Waals surface area contributed by atoms with Crippen LogP contribution >= 0.6 is 0 Å². The van der Waals surface area contributed by atoms with Gasteiger partial charge in [-0.15, -0.1) is 0 Å². The Morgan fingerprint density at radius 2 is 2.11 bits per heavy atom. The molecular weight excluding hydrogens is 244 g/mol. The van der Waals surface area contributed by atoms with E-state index < -0.39 is 5.91 Å². The van der Waals surface area contributed by atoms with E-state index in [9.17, 15) is 4.79 Å². The van der Waals surface area contributed by atoms with Gasteiger partial charge in [0.05, 0.1) is 11.1 Å². The molecule has 0 fully saturated rings. The summed E-state index contributed by atoms with van der Waals surface area (Å²) in [5.74, 6) is 0.0338. The SMILES string of the molecule is N#Cc1cc(N)ccc1Oc1ccc(C(N)=O)cn1. The maximum Gasteiger partial charge on any atom is 0.250 e. The zero-order chi connectivity index (χ0) is 13.8. The molecule has 19 heavy (non-hydrogen) atoms. The Balaban J connectivity index is 2.26. The lowest BCUT2D eigenvalue weighted by Crippen LogP contribution is -2.10. The molecule has 4 N–H and O–H groups in total. The van der Waals surface area contributed by atoms with Crippen molar-refractivity contribution in [2.24, 2.45) is 5.73 Å². The summed E-state index contributed by atoms with van der Waals surface area (Å²) in [4.78, 5) is 14.8. The zero-order valence-electron chi connectivity index (χ0n) is 9.83. The third kappa shape index (κ3) is 2.79. The van der Waals surface area contributed by atoms with Gasteiger partial charge in [-0.05, 0) is 24.3 Å². The van der Waals surface area contributed by atoms with E-state index in [2.05, 4.69) is 4.98 Å². The summed E-state index contributed by atoms with van der Waals surface area (Å²) in [6.07, 6.45) is 1.31. The minimum Gasteiger partial charge on any atom is -0.438 e. The normalized spacial score (nSPS) is 9.63. The number of anilines is 1. The summed E-state index contributed by atoms with van der Waals surface area (Å²) in [7, 11) is 0. The number of amides is 1. The van der Waals surface area contributed by atoms with Crippen LogP contribution < -0.4 is 16.2 Å². The molecule has 0 bridgehead atoms. The number of hydrogen-bond donors (Lipinski definition) is 2. The predicted molar refractivity (Wildman–Crippen MR) is 68.4 cm³/mol. The first-order chi connectivity index (χ1) is 9.10. The van der Waals surface area contributed by atoms with Crippen LogP contribution in [0.5, 0.6) is 11.6 Å². The van der Waals surface area contributed by atoms with Crippen molar-refractivity contribution in [3.63, 3.8) is 0 Å². The van der Waals surface area contributed by atoms with E-state index in [4.69, 9.17) is 21.5 Å². The van der Waals surface area contributed by atoms with Crippen molar-refractivity contribution in [3.05, 3.63) is 47.7 Å². The molecule has 1 aromatic heterocycles. The minimum absolute atomic E-state index is 0.256. The molecule has 6 heteroatoms. The van der Waals surface area contributed by atoms with E-state index in [1.54, 1.807) is 12.1 Å². The average molecular weight is 254 g/mol. The number of primary amides is 1. The summed E-state index contributed by atoms with van der Waals surface area (Å²) < 4.78 is 5.45. The van der Waals surface area contributed by atoms with Crippen molar-refractivity contribution in [2.45, 2.75) is 0 Å². The lowest BCUT2D eigenvalue weighted by atomic mass is 10.2. The Morgan fingerprint density at radius 3 is 2.68 bits per heavy atom. The van der Waals surface area contributed by atoms with Crippen LogP contribution in [0.15, 0.2) is 36.5 Å². The largest absolute Gasteiger partial charge is 0.438 e. The lowest BCUT2D eigenvalue weighted by Gasteiger charge is -2.07. The fraction of sp³-hybridized carbons (Fsp3) is 0. The van der Waals surface area contributed by atoms with Crippen molar-refractivity contribution in [1.29, 1.82) is 5.26 Å². The van der Waals surface area contributed by atoms with E-state index in [1.165, 1.54) is 24.4 Å². The van der Waals surface area contributed by atoms with Crippen LogP contribution in [0, 0.1) is 11.3 Å². The van der Waals surface area contributed by atoms with Gasteiger partial charge in [-0.2, -0.15) is 5.26 Å². The summed E-state index contributed by atoms with van der Waals surface area (Å²) in [5.41, 5.74) is 11.7. The molecule has 0 radical (unpaired) electrons. The molecule has 1 amide bonds. The van der Waals surface area contributed by atoms with E-state index in [1.807, 2.05) is 6.07 Å². The number of benzene rings is 1. The van der Waals surface area contributed by atoms with Crippen LogP contribution in [0.4, 0.5) is 5.69 Å². The quantitative estimate of drug-likeness (QED) is 0.804. The highest BCUT2D eigenvalue weighted by Gasteiger charge is 2.07. The molecule has 0 aliphatic heterocycles. The Morgan fingerprint density at radius 1 is 1.32 bits per heavy atom. The van der Waals surface area contributed by atoms with E-state index in [0.29, 0.717) is 17.0 Å². The maximum absolute atomic E-state index is 10.9. The fourth-order valence-electron chi connectivity index (χ4n) is 1.42. The number of rotatable bonds is 3. The van der Waals surface area contributed by atoms with Crippen LogP contribution in [0.3, 0.4) is 0 Å². The van der Waals surface area contributed by atoms with Gasteiger partial charge in [0.25, 0.3) is 0 Å². The molecule has 0 atom stereocenters. The van der Waals surface area contributed by atoms with Crippen LogP contribution in [0.25, 0.3) is 0 Å². The zero-order valence-corrected chi connectivity index (χ0v) is 9.83. The van der Waals surface area contributed by atoms with Gasteiger partial charge in [0.15, 0.2) is 0 Å². The Kier molecular flexibility index (Phi) is 3.30. The molecule has 2 aromatic rings. The Labute approximate surface area is 109 Å². The molecular formula is C13H10N4O2. The average Bonchev–Trinajstić information content (AvgIpc) is 2.41. The van der Waals surface area contributed by atoms with Gasteiger partial charge in [-0.3, -0.25) is 4.79 Å². The maximum atomic E-state index is 10.9. The molecule has 1 heterocycles. The molecule has 6 nitrogen and oxygen atoms in total. The highest BCUT2D eigenvalue weighted by molar-refractivity contribution is 5.92.